The van der Waals surface area contributed by atoms with Gasteiger partial charge in [-0.15, -0.1) is 11.8 Å². The van der Waals surface area contributed by atoms with E-state index in [1.165, 1.54) is 16.0 Å². The summed E-state index contributed by atoms with van der Waals surface area (Å²) in [7, 11) is 0. The van der Waals surface area contributed by atoms with E-state index in [2.05, 4.69) is 55.5 Å². The third-order valence-corrected chi connectivity index (χ3v) is 5.21. The molecule has 0 saturated heterocycles. The summed E-state index contributed by atoms with van der Waals surface area (Å²) in [4.78, 5) is 1.41. The molecule has 1 aliphatic heterocycles. The molecule has 102 valence electrons. The highest BCUT2D eigenvalue weighted by molar-refractivity contribution is 8.03. The van der Waals surface area contributed by atoms with Crippen LogP contribution in [0.1, 0.15) is 35.6 Å². The molecule has 0 radical (unpaired) electrons. The molecule has 0 unspecified atom stereocenters. The Labute approximate surface area is 129 Å². The summed E-state index contributed by atoms with van der Waals surface area (Å²) in [6.45, 7) is 2.21. The minimum absolute atomic E-state index is 0.512. The summed E-state index contributed by atoms with van der Waals surface area (Å²) in [6, 6.07) is 19.1. The zero-order valence-electron chi connectivity index (χ0n) is 11.4. The van der Waals surface area contributed by atoms with Gasteiger partial charge in [-0.1, -0.05) is 60.1 Å². The molecule has 0 amide bonds. The maximum Gasteiger partial charge on any atom is 0.0406 e. The highest BCUT2D eigenvalue weighted by Gasteiger charge is 2.23. The maximum absolute atomic E-state index is 5.99. The molecule has 0 N–H and O–H groups in total. The molecule has 0 spiro atoms. The van der Waals surface area contributed by atoms with Crippen molar-refractivity contribution in [3.8, 4) is 0 Å². The van der Waals surface area contributed by atoms with E-state index in [1.807, 2.05) is 23.9 Å². The first-order valence-corrected chi connectivity index (χ1v) is 8.13. The van der Waals surface area contributed by atoms with Crippen molar-refractivity contribution >= 4 is 23.4 Å². The molecule has 0 aliphatic carbocycles. The average molecular weight is 301 g/mol. The van der Waals surface area contributed by atoms with Crippen molar-refractivity contribution in [2.45, 2.75) is 24.5 Å². The van der Waals surface area contributed by atoms with Crippen LogP contribution in [0.15, 0.2) is 65.6 Å². The highest BCUT2D eigenvalue weighted by atomic mass is 35.5. The van der Waals surface area contributed by atoms with E-state index < -0.39 is 0 Å². The Kier molecular flexibility index (Phi) is 4.18. The summed E-state index contributed by atoms with van der Waals surface area (Å²) >= 11 is 7.95. The van der Waals surface area contributed by atoms with Crippen LogP contribution >= 0.6 is 23.4 Å². The van der Waals surface area contributed by atoms with Gasteiger partial charge in [0.1, 0.15) is 0 Å². The molecule has 2 aromatic carbocycles. The molecule has 0 fully saturated rings. The standard InChI is InChI=1S/C18H17ClS/c1-13-11-16(14-5-3-2-4-6-14)12-18(20-13)15-7-9-17(19)10-8-15/h2-11,16,18H,12H2,1H3/t16-,18+/m0/s1. The summed E-state index contributed by atoms with van der Waals surface area (Å²) in [5, 5.41) is 1.32. The molecule has 1 aliphatic rings. The zero-order valence-corrected chi connectivity index (χ0v) is 13.0. The van der Waals surface area contributed by atoms with Crippen LogP contribution in [0.2, 0.25) is 5.02 Å². The predicted octanol–water partition coefficient (Wildman–Crippen LogP) is 6.21. The molecule has 1 heterocycles. The second-order valence-corrected chi connectivity index (χ2v) is 7.07. The van der Waals surface area contributed by atoms with Crippen molar-refractivity contribution in [3.05, 3.63) is 81.7 Å². The van der Waals surface area contributed by atoms with E-state index in [0.29, 0.717) is 11.2 Å². The molecule has 0 nitrogen and oxygen atoms in total. The van der Waals surface area contributed by atoms with Crippen molar-refractivity contribution in [1.29, 1.82) is 0 Å². The summed E-state index contributed by atoms with van der Waals surface area (Å²) in [6.07, 6.45) is 3.54. The van der Waals surface area contributed by atoms with Crippen LogP contribution in [0.3, 0.4) is 0 Å². The molecule has 0 saturated carbocycles. The first kappa shape index (κ1) is 13.8. The van der Waals surface area contributed by atoms with Gasteiger partial charge < -0.3 is 0 Å². The Balaban J connectivity index is 1.86. The van der Waals surface area contributed by atoms with Crippen LogP contribution in [0.5, 0.6) is 0 Å². The summed E-state index contributed by atoms with van der Waals surface area (Å²) < 4.78 is 0. The van der Waals surface area contributed by atoms with Crippen LogP contribution in [-0.2, 0) is 0 Å². The fourth-order valence-electron chi connectivity index (χ4n) is 2.71. The molecule has 20 heavy (non-hydrogen) atoms. The van der Waals surface area contributed by atoms with Crippen molar-refractivity contribution in [3.63, 3.8) is 0 Å². The van der Waals surface area contributed by atoms with Crippen LogP contribution in [-0.4, -0.2) is 0 Å². The van der Waals surface area contributed by atoms with Gasteiger partial charge in [0.25, 0.3) is 0 Å². The molecular weight excluding hydrogens is 284 g/mol. The van der Waals surface area contributed by atoms with E-state index in [4.69, 9.17) is 11.6 Å². The van der Waals surface area contributed by atoms with Crippen LogP contribution < -0.4 is 0 Å². The largest absolute Gasteiger partial charge is 0.123 e. The average Bonchev–Trinajstić information content (AvgIpc) is 2.48. The van der Waals surface area contributed by atoms with E-state index >= 15 is 0 Å². The van der Waals surface area contributed by atoms with Crippen LogP contribution in [0.25, 0.3) is 0 Å². The molecule has 2 heteroatoms. The molecule has 2 aromatic rings. The van der Waals surface area contributed by atoms with Crippen molar-refractivity contribution in [2.24, 2.45) is 0 Å². The quantitative estimate of drug-likeness (QED) is 0.635. The third-order valence-electron chi connectivity index (χ3n) is 3.70. The van der Waals surface area contributed by atoms with Gasteiger partial charge in [0, 0.05) is 16.2 Å². The smallest absolute Gasteiger partial charge is 0.0406 e. The fraction of sp³-hybridized carbons (Fsp3) is 0.222. The zero-order chi connectivity index (χ0) is 13.9. The fourth-order valence-corrected chi connectivity index (χ4v) is 4.12. The number of rotatable bonds is 2. The van der Waals surface area contributed by atoms with E-state index in [-0.39, 0.29) is 0 Å². The molecule has 2 atom stereocenters. The minimum atomic E-state index is 0.512. The lowest BCUT2D eigenvalue weighted by Crippen LogP contribution is -2.07. The van der Waals surface area contributed by atoms with Gasteiger partial charge in [-0.05, 0) is 41.5 Å². The number of allylic oxidation sites excluding steroid dienone is 2. The van der Waals surface area contributed by atoms with Crippen LogP contribution in [0.4, 0.5) is 0 Å². The van der Waals surface area contributed by atoms with Gasteiger partial charge in [-0.2, -0.15) is 0 Å². The summed E-state index contributed by atoms with van der Waals surface area (Å²) in [5.41, 5.74) is 2.78. The van der Waals surface area contributed by atoms with Gasteiger partial charge in [0.05, 0.1) is 0 Å². The predicted molar refractivity (Wildman–Crippen MR) is 89.3 cm³/mol. The lowest BCUT2D eigenvalue weighted by atomic mass is 9.91. The first-order chi connectivity index (χ1) is 9.72. The topological polar surface area (TPSA) is 0 Å². The molecule has 0 aromatic heterocycles. The van der Waals surface area contributed by atoms with Gasteiger partial charge in [0.2, 0.25) is 0 Å². The van der Waals surface area contributed by atoms with E-state index in [9.17, 15) is 0 Å². The van der Waals surface area contributed by atoms with Gasteiger partial charge in [0.15, 0.2) is 0 Å². The van der Waals surface area contributed by atoms with Crippen molar-refractivity contribution in [2.75, 3.05) is 0 Å². The van der Waals surface area contributed by atoms with Crippen molar-refractivity contribution < 1.29 is 0 Å². The molecule has 3 rings (SSSR count). The number of thioether (sulfide) groups is 1. The number of hydrogen-bond donors (Lipinski definition) is 0. The maximum atomic E-state index is 5.99. The Hall–Kier alpha value is -1.18. The minimum Gasteiger partial charge on any atom is -0.123 e. The Morgan fingerprint density at radius 2 is 1.65 bits per heavy atom. The van der Waals surface area contributed by atoms with Gasteiger partial charge in [-0.25, -0.2) is 0 Å². The van der Waals surface area contributed by atoms with Crippen LogP contribution in [0, 0.1) is 0 Å². The highest BCUT2D eigenvalue weighted by Crippen LogP contribution is 2.47. The second-order valence-electron chi connectivity index (χ2n) is 5.19. The normalized spacial score (nSPS) is 22.4. The van der Waals surface area contributed by atoms with E-state index in [1.54, 1.807) is 0 Å². The molecular formula is C18H17ClS. The Morgan fingerprint density at radius 3 is 2.35 bits per heavy atom. The Morgan fingerprint density at radius 1 is 0.950 bits per heavy atom. The van der Waals surface area contributed by atoms with Gasteiger partial charge in [-0.3, -0.25) is 0 Å². The Bertz CT molecular complexity index is 601. The number of hydrogen-bond acceptors (Lipinski definition) is 1. The number of halogens is 1. The third kappa shape index (κ3) is 3.11. The monoisotopic (exact) mass is 300 g/mol. The summed E-state index contributed by atoms with van der Waals surface area (Å²) in [5.74, 6) is 0.512. The van der Waals surface area contributed by atoms with Gasteiger partial charge >= 0.3 is 0 Å². The lowest BCUT2D eigenvalue weighted by Gasteiger charge is -2.27. The molecule has 0 bridgehead atoms. The van der Waals surface area contributed by atoms with E-state index in [0.717, 1.165) is 11.4 Å². The SMILES string of the molecule is CC1=C[C@H](c2ccccc2)C[C@H](c2ccc(Cl)cc2)S1. The van der Waals surface area contributed by atoms with Crippen molar-refractivity contribution in [1.82, 2.24) is 0 Å². The number of benzene rings is 2. The second kappa shape index (κ2) is 6.07. The first-order valence-electron chi connectivity index (χ1n) is 6.88. The lowest BCUT2D eigenvalue weighted by molar-refractivity contribution is 0.713.